The molecule has 0 rings (SSSR count). The van der Waals surface area contributed by atoms with E-state index in [2.05, 4.69) is 5.32 Å². The Bertz CT molecular complexity index is 249. The van der Waals surface area contributed by atoms with Gasteiger partial charge in [0.1, 0.15) is 0 Å². The molecular formula is C11H21ClN2O2. The maximum atomic E-state index is 11.5. The molecule has 0 fully saturated rings. The largest absolute Gasteiger partial charge is 0.350 e. The zero-order valence-corrected chi connectivity index (χ0v) is 11.2. The van der Waals surface area contributed by atoms with Gasteiger partial charge in [0.15, 0.2) is 0 Å². The van der Waals surface area contributed by atoms with Gasteiger partial charge in [0, 0.05) is 24.9 Å². The Balaban J connectivity index is 3.99. The van der Waals surface area contributed by atoms with Crippen molar-refractivity contribution in [1.29, 1.82) is 0 Å². The van der Waals surface area contributed by atoms with Crippen molar-refractivity contribution in [3.63, 3.8) is 0 Å². The Hall–Kier alpha value is -0.770. The van der Waals surface area contributed by atoms with E-state index in [1.54, 1.807) is 7.05 Å². The maximum absolute atomic E-state index is 11.5. The topological polar surface area (TPSA) is 49.4 Å². The molecule has 0 aromatic rings. The van der Waals surface area contributed by atoms with Crippen LogP contribution in [0.2, 0.25) is 0 Å². The van der Waals surface area contributed by atoms with Gasteiger partial charge < -0.3 is 10.2 Å². The molecule has 0 bridgehead atoms. The summed E-state index contributed by atoms with van der Waals surface area (Å²) in [5, 5.41) is 2.80. The average Bonchev–Trinajstić information content (AvgIpc) is 2.10. The van der Waals surface area contributed by atoms with Crippen LogP contribution in [0.15, 0.2) is 0 Å². The number of halogens is 1. The van der Waals surface area contributed by atoms with Gasteiger partial charge in [-0.25, -0.2) is 0 Å². The van der Waals surface area contributed by atoms with Crippen molar-refractivity contribution in [2.45, 2.75) is 39.2 Å². The van der Waals surface area contributed by atoms with Gasteiger partial charge in [-0.05, 0) is 27.2 Å². The molecule has 5 heteroatoms. The Morgan fingerprint density at radius 3 is 2.31 bits per heavy atom. The van der Waals surface area contributed by atoms with Crippen LogP contribution in [0.5, 0.6) is 0 Å². The number of likely N-dealkylation sites (N-methyl/N-ethyl adjacent to an activating group) is 1. The molecule has 0 saturated carbocycles. The molecule has 2 amide bonds. The average molecular weight is 249 g/mol. The fraction of sp³-hybridized carbons (Fsp3) is 0.818. The van der Waals surface area contributed by atoms with E-state index in [1.165, 1.54) is 4.90 Å². The minimum absolute atomic E-state index is 0.0512. The maximum Gasteiger partial charge on any atom is 0.240 e. The third-order valence-corrected chi connectivity index (χ3v) is 2.11. The first-order valence-corrected chi connectivity index (χ1v) is 5.90. The number of nitrogens with zero attached hydrogens (tertiary/aromatic N) is 1. The Morgan fingerprint density at radius 1 is 1.31 bits per heavy atom. The Kier molecular flexibility index (Phi) is 6.41. The molecule has 0 aromatic carbocycles. The summed E-state index contributed by atoms with van der Waals surface area (Å²) in [4.78, 5) is 24.4. The van der Waals surface area contributed by atoms with Crippen LogP contribution in [0.1, 0.15) is 33.6 Å². The van der Waals surface area contributed by atoms with Gasteiger partial charge in [-0.1, -0.05) is 0 Å². The Labute approximate surface area is 102 Å². The van der Waals surface area contributed by atoms with Gasteiger partial charge in [-0.15, -0.1) is 11.6 Å². The Morgan fingerprint density at radius 2 is 1.88 bits per heavy atom. The first-order chi connectivity index (χ1) is 7.26. The second kappa shape index (κ2) is 6.74. The molecule has 0 unspecified atom stereocenters. The van der Waals surface area contributed by atoms with Gasteiger partial charge in [0.05, 0.1) is 6.54 Å². The molecule has 0 radical (unpaired) electrons. The molecular weight excluding hydrogens is 228 g/mol. The number of carbonyl (C=O) groups excluding carboxylic acids is 2. The van der Waals surface area contributed by atoms with E-state index in [4.69, 9.17) is 11.6 Å². The zero-order chi connectivity index (χ0) is 12.8. The molecule has 16 heavy (non-hydrogen) atoms. The third kappa shape index (κ3) is 7.51. The molecule has 4 nitrogen and oxygen atoms in total. The lowest BCUT2D eigenvalue weighted by molar-refractivity contribution is -0.135. The predicted molar refractivity (Wildman–Crippen MR) is 65.5 cm³/mol. The van der Waals surface area contributed by atoms with Crippen molar-refractivity contribution >= 4 is 23.4 Å². The second-order valence-electron chi connectivity index (χ2n) is 4.84. The van der Waals surface area contributed by atoms with Crippen molar-refractivity contribution in [1.82, 2.24) is 10.2 Å². The summed E-state index contributed by atoms with van der Waals surface area (Å²) < 4.78 is 0. The van der Waals surface area contributed by atoms with Crippen LogP contribution < -0.4 is 5.32 Å². The van der Waals surface area contributed by atoms with E-state index in [-0.39, 0.29) is 23.9 Å². The highest BCUT2D eigenvalue weighted by atomic mass is 35.5. The van der Waals surface area contributed by atoms with Crippen molar-refractivity contribution in [2.24, 2.45) is 0 Å². The molecule has 0 saturated heterocycles. The van der Waals surface area contributed by atoms with Gasteiger partial charge >= 0.3 is 0 Å². The van der Waals surface area contributed by atoms with E-state index >= 15 is 0 Å². The van der Waals surface area contributed by atoms with Gasteiger partial charge in [-0.3, -0.25) is 9.59 Å². The summed E-state index contributed by atoms with van der Waals surface area (Å²) in [6.45, 7) is 5.80. The highest BCUT2D eigenvalue weighted by Crippen LogP contribution is 2.00. The lowest BCUT2D eigenvalue weighted by Crippen LogP contribution is -2.46. The fourth-order valence-electron chi connectivity index (χ4n) is 1.17. The zero-order valence-electron chi connectivity index (χ0n) is 10.5. The highest BCUT2D eigenvalue weighted by Gasteiger charge is 2.17. The second-order valence-corrected chi connectivity index (χ2v) is 5.22. The molecule has 0 heterocycles. The minimum atomic E-state index is -0.267. The predicted octanol–water partition coefficient (Wildman–Crippen LogP) is 1.38. The van der Waals surface area contributed by atoms with E-state index in [0.29, 0.717) is 18.7 Å². The van der Waals surface area contributed by atoms with Crippen LogP contribution in [0.4, 0.5) is 0 Å². The van der Waals surface area contributed by atoms with E-state index < -0.39 is 0 Å². The first kappa shape index (κ1) is 15.2. The molecule has 0 atom stereocenters. The van der Waals surface area contributed by atoms with Crippen molar-refractivity contribution in [3.05, 3.63) is 0 Å². The standard InChI is InChI=1S/C11H21ClN2O2/c1-11(2,3)13-9(15)8-14(4)10(16)6-5-7-12/h5-8H2,1-4H3,(H,13,15). The summed E-state index contributed by atoms with van der Waals surface area (Å²) in [6.07, 6.45) is 1.04. The summed E-state index contributed by atoms with van der Waals surface area (Å²) in [7, 11) is 1.62. The minimum Gasteiger partial charge on any atom is -0.350 e. The monoisotopic (exact) mass is 248 g/mol. The quantitative estimate of drug-likeness (QED) is 0.748. The summed E-state index contributed by atoms with van der Waals surface area (Å²) >= 11 is 5.49. The first-order valence-electron chi connectivity index (χ1n) is 5.37. The van der Waals surface area contributed by atoms with Crippen LogP contribution >= 0.6 is 11.6 Å². The summed E-state index contributed by atoms with van der Waals surface area (Å²) in [5.41, 5.74) is -0.267. The van der Waals surface area contributed by atoms with Crippen LogP contribution in [0.3, 0.4) is 0 Å². The van der Waals surface area contributed by atoms with Crippen LogP contribution in [-0.4, -0.2) is 41.7 Å². The normalized spacial score (nSPS) is 11.1. The SMILES string of the molecule is CN(CC(=O)NC(C)(C)C)C(=O)CCCCl. The lowest BCUT2D eigenvalue weighted by atomic mass is 10.1. The number of hydrogen-bond acceptors (Lipinski definition) is 2. The molecule has 0 aliphatic carbocycles. The third-order valence-electron chi connectivity index (χ3n) is 1.85. The molecule has 0 aromatic heterocycles. The smallest absolute Gasteiger partial charge is 0.240 e. The van der Waals surface area contributed by atoms with Gasteiger partial charge in [0.2, 0.25) is 11.8 Å². The molecule has 0 aliphatic rings. The van der Waals surface area contributed by atoms with E-state index in [9.17, 15) is 9.59 Å². The highest BCUT2D eigenvalue weighted by molar-refractivity contribution is 6.17. The number of carbonyl (C=O) groups is 2. The van der Waals surface area contributed by atoms with Crippen LogP contribution in [-0.2, 0) is 9.59 Å². The molecule has 0 spiro atoms. The van der Waals surface area contributed by atoms with Gasteiger partial charge in [-0.2, -0.15) is 0 Å². The van der Waals surface area contributed by atoms with Crippen molar-refractivity contribution < 1.29 is 9.59 Å². The molecule has 94 valence electrons. The van der Waals surface area contributed by atoms with E-state index in [0.717, 1.165) is 0 Å². The van der Waals surface area contributed by atoms with Crippen LogP contribution in [0.25, 0.3) is 0 Å². The fourth-order valence-corrected chi connectivity index (χ4v) is 1.30. The number of amides is 2. The number of hydrogen-bond donors (Lipinski definition) is 1. The number of rotatable bonds is 5. The van der Waals surface area contributed by atoms with E-state index in [1.807, 2.05) is 20.8 Å². The molecule has 1 N–H and O–H groups in total. The van der Waals surface area contributed by atoms with Gasteiger partial charge in [0.25, 0.3) is 0 Å². The number of alkyl halides is 1. The summed E-state index contributed by atoms with van der Waals surface area (Å²) in [5.74, 6) is 0.271. The molecule has 0 aliphatic heterocycles. The lowest BCUT2D eigenvalue weighted by Gasteiger charge is -2.23. The van der Waals surface area contributed by atoms with Crippen LogP contribution in [0, 0.1) is 0 Å². The van der Waals surface area contributed by atoms with Crippen molar-refractivity contribution in [2.75, 3.05) is 19.5 Å². The number of nitrogens with one attached hydrogen (secondary N) is 1. The summed E-state index contributed by atoms with van der Waals surface area (Å²) in [6, 6.07) is 0. The van der Waals surface area contributed by atoms with Crippen molar-refractivity contribution in [3.8, 4) is 0 Å².